The van der Waals surface area contributed by atoms with Crippen LogP contribution in [0.2, 0.25) is 0 Å². The monoisotopic (exact) mass is 448 g/mol. The molecule has 2 aromatic rings. The van der Waals surface area contributed by atoms with Gasteiger partial charge in [0, 0.05) is 52.1 Å². The lowest BCUT2D eigenvalue weighted by atomic mass is 9.99. The summed E-state index contributed by atoms with van der Waals surface area (Å²) in [6.07, 6.45) is 3.46. The lowest BCUT2D eigenvalue weighted by Gasteiger charge is -2.29. The number of aliphatic imine (C=N–C) groups is 1. The summed E-state index contributed by atoms with van der Waals surface area (Å²) >= 11 is 0. The van der Waals surface area contributed by atoms with Crippen molar-refractivity contribution in [3.63, 3.8) is 0 Å². The number of ether oxygens (including phenoxy) is 1. The fourth-order valence-electron chi connectivity index (χ4n) is 4.72. The highest BCUT2D eigenvalue weighted by molar-refractivity contribution is 5.80. The molecule has 2 heterocycles. The van der Waals surface area contributed by atoms with Gasteiger partial charge in [-0.05, 0) is 36.0 Å². The van der Waals surface area contributed by atoms with E-state index in [2.05, 4.69) is 51.6 Å². The number of nitrogens with one attached hydrogen (secondary N) is 1. The van der Waals surface area contributed by atoms with Gasteiger partial charge in [0.05, 0.1) is 13.2 Å². The molecule has 1 fully saturated rings. The van der Waals surface area contributed by atoms with Gasteiger partial charge >= 0.3 is 0 Å². The van der Waals surface area contributed by atoms with Gasteiger partial charge < -0.3 is 19.9 Å². The molecule has 1 unspecified atom stereocenters. The van der Waals surface area contributed by atoms with Gasteiger partial charge in [0.2, 0.25) is 5.91 Å². The van der Waals surface area contributed by atoms with Crippen molar-refractivity contribution in [1.29, 1.82) is 0 Å². The number of fused-ring (bicyclic) bond motifs is 1. The average molecular weight is 449 g/mol. The summed E-state index contributed by atoms with van der Waals surface area (Å²) in [4.78, 5) is 21.4. The van der Waals surface area contributed by atoms with E-state index in [1.807, 2.05) is 30.1 Å². The lowest BCUT2D eigenvalue weighted by Crippen LogP contribution is -2.41. The molecule has 2 aliphatic rings. The van der Waals surface area contributed by atoms with Gasteiger partial charge in [-0.25, -0.2) is 0 Å². The molecule has 0 aromatic heterocycles. The van der Waals surface area contributed by atoms with Crippen molar-refractivity contribution < 1.29 is 9.53 Å². The van der Waals surface area contributed by atoms with Crippen molar-refractivity contribution in [1.82, 2.24) is 15.1 Å². The predicted molar refractivity (Wildman–Crippen MR) is 132 cm³/mol. The first-order valence-electron chi connectivity index (χ1n) is 12.1. The molecule has 1 saturated heterocycles. The summed E-state index contributed by atoms with van der Waals surface area (Å²) in [5, 5.41) is 3.45. The molecular weight excluding hydrogens is 412 g/mol. The van der Waals surface area contributed by atoms with Crippen LogP contribution >= 0.6 is 0 Å². The van der Waals surface area contributed by atoms with Crippen LogP contribution in [0.3, 0.4) is 0 Å². The third-order valence-corrected chi connectivity index (χ3v) is 6.60. The lowest BCUT2D eigenvalue weighted by molar-refractivity contribution is -0.132. The fourth-order valence-corrected chi connectivity index (χ4v) is 4.72. The number of carbonyl (C=O) groups is 1. The summed E-state index contributed by atoms with van der Waals surface area (Å²) in [7, 11) is 1.83. The Morgan fingerprint density at radius 2 is 1.85 bits per heavy atom. The molecule has 4 rings (SSSR count). The minimum Gasteiger partial charge on any atom is -0.376 e. The van der Waals surface area contributed by atoms with E-state index in [4.69, 9.17) is 4.74 Å². The molecule has 0 aliphatic carbocycles. The van der Waals surface area contributed by atoms with Gasteiger partial charge in [-0.3, -0.25) is 9.79 Å². The van der Waals surface area contributed by atoms with Crippen molar-refractivity contribution >= 4 is 11.9 Å². The van der Waals surface area contributed by atoms with Crippen molar-refractivity contribution in [2.45, 2.75) is 38.8 Å². The van der Waals surface area contributed by atoms with E-state index in [1.165, 1.54) is 16.7 Å². The number of guanidine groups is 1. The molecule has 2 aromatic carbocycles. The number of likely N-dealkylation sites (tertiary alicyclic amines) is 1. The molecule has 2 aliphatic heterocycles. The minimum absolute atomic E-state index is 0.248. The van der Waals surface area contributed by atoms with Gasteiger partial charge in [-0.1, -0.05) is 54.6 Å². The van der Waals surface area contributed by atoms with E-state index in [-0.39, 0.29) is 5.91 Å². The maximum absolute atomic E-state index is 12.7. The van der Waals surface area contributed by atoms with E-state index in [0.717, 1.165) is 64.6 Å². The molecule has 0 bridgehead atoms. The van der Waals surface area contributed by atoms with E-state index >= 15 is 0 Å². The zero-order chi connectivity index (χ0) is 22.9. The Hall–Kier alpha value is -2.86. The van der Waals surface area contributed by atoms with Crippen LogP contribution in [-0.2, 0) is 29.1 Å². The van der Waals surface area contributed by atoms with Crippen LogP contribution in [-0.4, -0.2) is 61.5 Å². The molecule has 6 heteroatoms. The maximum atomic E-state index is 12.7. The number of rotatable bonds is 8. The molecule has 6 nitrogen and oxygen atoms in total. The normalized spacial score (nSPS) is 18.3. The molecule has 1 N–H and O–H groups in total. The number of nitrogens with zero attached hydrogens (tertiary/aromatic N) is 3. The first-order valence-corrected chi connectivity index (χ1v) is 12.1. The topological polar surface area (TPSA) is 57.2 Å². The minimum atomic E-state index is 0.248. The molecule has 0 saturated carbocycles. The van der Waals surface area contributed by atoms with Crippen LogP contribution in [0.25, 0.3) is 0 Å². The van der Waals surface area contributed by atoms with Gasteiger partial charge in [-0.2, -0.15) is 0 Å². The van der Waals surface area contributed by atoms with Crippen LogP contribution < -0.4 is 5.32 Å². The zero-order valence-electron chi connectivity index (χ0n) is 19.7. The van der Waals surface area contributed by atoms with Gasteiger partial charge in [0.1, 0.15) is 0 Å². The summed E-state index contributed by atoms with van der Waals surface area (Å²) in [6.45, 7) is 5.72. The largest absolute Gasteiger partial charge is 0.376 e. The first kappa shape index (κ1) is 23.3. The quantitative estimate of drug-likeness (QED) is 0.382. The van der Waals surface area contributed by atoms with Crippen LogP contribution in [0.1, 0.15) is 36.0 Å². The number of hydrogen-bond acceptors (Lipinski definition) is 3. The van der Waals surface area contributed by atoms with Crippen LogP contribution in [0.15, 0.2) is 59.6 Å². The molecule has 1 atom stereocenters. The molecule has 176 valence electrons. The Balaban J connectivity index is 1.13. The molecule has 0 radical (unpaired) electrons. The summed E-state index contributed by atoms with van der Waals surface area (Å²) in [5.41, 5.74) is 3.88. The predicted octanol–water partition coefficient (Wildman–Crippen LogP) is 3.47. The Morgan fingerprint density at radius 3 is 2.67 bits per heavy atom. The Bertz CT molecular complexity index is 931. The van der Waals surface area contributed by atoms with Crippen molar-refractivity contribution in [2.75, 3.05) is 39.8 Å². The third kappa shape index (κ3) is 6.57. The molecule has 0 spiro atoms. The highest BCUT2D eigenvalue weighted by Crippen LogP contribution is 2.20. The zero-order valence-corrected chi connectivity index (χ0v) is 19.7. The second kappa shape index (κ2) is 11.8. The third-order valence-electron chi connectivity index (χ3n) is 6.60. The number of hydrogen-bond donors (Lipinski definition) is 1. The van der Waals surface area contributed by atoms with E-state index < -0.39 is 0 Å². The standard InChI is InChI=1S/C27H36N4O2/c1-28-27(31-16-13-23(18-31)21-33-20-22-8-3-2-4-9-22)29-15-7-12-26(32)30-17-14-24-10-5-6-11-25(24)19-30/h2-6,8-11,23H,7,12-21H2,1H3,(H,28,29). The molecular formula is C27H36N4O2. The molecule has 33 heavy (non-hydrogen) atoms. The second-order valence-corrected chi connectivity index (χ2v) is 9.01. The summed E-state index contributed by atoms with van der Waals surface area (Å²) in [6, 6.07) is 18.8. The summed E-state index contributed by atoms with van der Waals surface area (Å²) < 4.78 is 5.94. The number of benzene rings is 2. The van der Waals surface area contributed by atoms with E-state index in [9.17, 15) is 4.79 Å². The highest BCUT2D eigenvalue weighted by Gasteiger charge is 2.25. The highest BCUT2D eigenvalue weighted by atomic mass is 16.5. The Kier molecular flexibility index (Phi) is 8.36. The van der Waals surface area contributed by atoms with Crippen molar-refractivity contribution in [3.05, 3.63) is 71.3 Å². The van der Waals surface area contributed by atoms with Crippen molar-refractivity contribution in [2.24, 2.45) is 10.9 Å². The molecule has 1 amide bonds. The Morgan fingerprint density at radius 1 is 1.06 bits per heavy atom. The van der Waals surface area contributed by atoms with Crippen molar-refractivity contribution in [3.8, 4) is 0 Å². The smallest absolute Gasteiger partial charge is 0.222 e. The van der Waals surface area contributed by atoms with Gasteiger partial charge in [0.25, 0.3) is 0 Å². The van der Waals surface area contributed by atoms with Gasteiger partial charge in [-0.15, -0.1) is 0 Å². The second-order valence-electron chi connectivity index (χ2n) is 9.01. The number of carbonyl (C=O) groups excluding carboxylic acids is 1. The summed E-state index contributed by atoms with van der Waals surface area (Å²) in [5.74, 6) is 1.70. The van der Waals surface area contributed by atoms with E-state index in [0.29, 0.717) is 18.9 Å². The SMILES string of the molecule is CN=C(NCCCC(=O)N1CCc2ccccc2C1)N1CCC(COCc2ccccc2)C1. The van der Waals surface area contributed by atoms with Crippen LogP contribution in [0.5, 0.6) is 0 Å². The van der Waals surface area contributed by atoms with Crippen LogP contribution in [0.4, 0.5) is 0 Å². The van der Waals surface area contributed by atoms with Crippen LogP contribution in [0, 0.1) is 5.92 Å². The fraction of sp³-hybridized carbons (Fsp3) is 0.481. The number of amides is 1. The van der Waals surface area contributed by atoms with Gasteiger partial charge in [0.15, 0.2) is 5.96 Å². The first-order chi connectivity index (χ1) is 16.2. The average Bonchev–Trinajstić information content (AvgIpc) is 3.33. The maximum Gasteiger partial charge on any atom is 0.222 e. The van der Waals surface area contributed by atoms with E-state index in [1.54, 1.807) is 0 Å². The Labute approximate surface area is 197 Å².